The monoisotopic (exact) mass is 264 g/mol. The van der Waals surface area contributed by atoms with Gasteiger partial charge in [0, 0.05) is 24.2 Å². The zero-order chi connectivity index (χ0) is 14.4. The molecule has 1 aromatic rings. The van der Waals surface area contributed by atoms with Crippen molar-refractivity contribution in [3.63, 3.8) is 0 Å². The summed E-state index contributed by atoms with van der Waals surface area (Å²) in [6.07, 6.45) is 2.31. The van der Waals surface area contributed by atoms with Gasteiger partial charge in [-0.15, -0.1) is 0 Å². The van der Waals surface area contributed by atoms with Gasteiger partial charge in [0.1, 0.15) is 0 Å². The van der Waals surface area contributed by atoms with Crippen molar-refractivity contribution in [1.29, 1.82) is 0 Å². The Labute approximate surface area is 115 Å². The molecule has 1 N–H and O–H groups in total. The van der Waals surface area contributed by atoms with Gasteiger partial charge in [-0.25, -0.2) is 0 Å². The molecule has 4 nitrogen and oxygen atoms in total. The van der Waals surface area contributed by atoms with E-state index in [4.69, 9.17) is 0 Å². The lowest BCUT2D eigenvalue weighted by Gasteiger charge is -2.18. The van der Waals surface area contributed by atoms with Gasteiger partial charge in [-0.3, -0.25) is 10.1 Å². The maximum atomic E-state index is 10.9. The molecule has 2 unspecified atom stereocenters. The first-order valence-corrected chi connectivity index (χ1v) is 6.92. The maximum absolute atomic E-state index is 10.9. The van der Waals surface area contributed by atoms with E-state index in [0.717, 1.165) is 17.5 Å². The van der Waals surface area contributed by atoms with Crippen LogP contribution in [0.1, 0.15) is 44.7 Å². The van der Waals surface area contributed by atoms with Crippen molar-refractivity contribution in [2.75, 3.05) is 0 Å². The molecular formula is C15H24N2O2. The van der Waals surface area contributed by atoms with Crippen LogP contribution >= 0.6 is 0 Å². The minimum Gasteiger partial charge on any atom is -0.310 e. The summed E-state index contributed by atoms with van der Waals surface area (Å²) < 4.78 is 0. The van der Waals surface area contributed by atoms with Gasteiger partial charge < -0.3 is 5.32 Å². The Bertz CT molecular complexity index is 432. The number of benzene rings is 1. The number of hydrogen-bond donors (Lipinski definition) is 1. The number of rotatable bonds is 7. The highest BCUT2D eigenvalue weighted by Crippen LogP contribution is 2.21. The van der Waals surface area contributed by atoms with Gasteiger partial charge in [0.15, 0.2) is 0 Å². The SMILES string of the molecule is CCC(C)CC(C)NCc1cccc([N+](=O)[O-])c1C. The number of nitrogens with zero attached hydrogens (tertiary/aromatic N) is 1. The lowest BCUT2D eigenvalue weighted by molar-refractivity contribution is -0.385. The van der Waals surface area contributed by atoms with Crippen molar-refractivity contribution in [3.8, 4) is 0 Å². The van der Waals surface area contributed by atoms with Gasteiger partial charge in [0.25, 0.3) is 5.69 Å². The van der Waals surface area contributed by atoms with Crippen LogP contribution in [0.25, 0.3) is 0 Å². The summed E-state index contributed by atoms with van der Waals surface area (Å²) in [5.74, 6) is 0.703. The fraction of sp³-hybridized carbons (Fsp3) is 0.600. The van der Waals surface area contributed by atoms with E-state index >= 15 is 0 Å². The first kappa shape index (κ1) is 15.6. The van der Waals surface area contributed by atoms with Crippen molar-refractivity contribution in [2.24, 2.45) is 5.92 Å². The van der Waals surface area contributed by atoms with Crippen LogP contribution in [0, 0.1) is 23.0 Å². The second kappa shape index (κ2) is 7.24. The predicted octanol–water partition coefficient (Wildman–Crippen LogP) is 3.82. The molecule has 0 aliphatic rings. The third-order valence-electron chi connectivity index (χ3n) is 3.71. The molecule has 0 aromatic heterocycles. The molecule has 106 valence electrons. The molecule has 4 heteroatoms. The van der Waals surface area contributed by atoms with E-state index in [0.29, 0.717) is 18.5 Å². The van der Waals surface area contributed by atoms with E-state index in [-0.39, 0.29) is 10.6 Å². The molecule has 0 bridgehead atoms. The third kappa shape index (κ3) is 4.63. The van der Waals surface area contributed by atoms with Crippen LogP contribution in [0.15, 0.2) is 18.2 Å². The summed E-state index contributed by atoms with van der Waals surface area (Å²) in [4.78, 5) is 10.6. The lowest BCUT2D eigenvalue weighted by Crippen LogP contribution is -2.27. The molecule has 0 fully saturated rings. The molecule has 2 atom stereocenters. The second-order valence-corrected chi connectivity index (χ2v) is 5.35. The Morgan fingerprint density at radius 3 is 2.63 bits per heavy atom. The van der Waals surface area contributed by atoms with Gasteiger partial charge >= 0.3 is 0 Å². The van der Waals surface area contributed by atoms with E-state index in [1.165, 1.54) is 6.42 Å². The molecule has 0 heterocycles. The van der Waals surface area contributed by atoms with Crippen LogP contribution in [0.5, 0.6) is 0 Å². The highest BCUT2D eigenvalue weighted by molar-refractivity contribution is 5.44. The number of nitro groups is 1. The molecule has 0 radical (unpaired) electrons. The Kier molecular flexibility index (Phi) is 5.96. The predicted molar refractivity (Wildman–Crippen MR) is 78.2 cm³/mol. The Morgan fingerprint density at radius 1 is 1.37 bits per heavy atom. The summed E-state index contributed by atoms with van der Waals surface area (Å²) >= 11 is 0. The van der Waals surface area contributed by atoms with Crippen molar-refractivity contribution >= 4 is 5.69 Å². The molecule has 1 aromatic carbocycles. The van der Waals surface area contributed by atoms with Crippen LogP contribution in [-0.4, -0.2) is 11.0 Å². The van der Waals surface area contributed by atoms with Crippen molar-refractivity contribution in [2.45, 2.75) is 53.1 Å². The van der Waals surface area contributed by atoms with Gasteiger partial charge in [-0.1, -0.05) is 32.4 Å². The van der Waals surface area contributed by atoms with E-state index < -0.39 is 0 Å². The largest absolute Gasteiger partial charge is 0.310 e. The van der Waals surface area contributed by atoms with Gasteiger partial charge in [-0.2, -0.15) is 0 Å². The average Bonchev–Trinajstić information content (AvgIpc) is 2.37. The number of nitrogens with one attached hydrogen (secondary N) is 1. The normalized spacial score (nSPS) is 14.1. The van der Waals surface area contributed by atoms with E-state index in [2.05, 4.69) is 26.1 Å². The fourth-order valence-electron chi connectivity index (χ4n) is 2.20. The van der Waals surface area contributed by atoms with Gasteiger partial charge in [0.2, 0.25) is 0 Å². The summed E-state index contributed by atoms with van der Waals surface area (Å²) in [6.45, 7) is 9.11. The molecule has 1 rings (SSSR count). The van der Waals surface area contributed by atoms with Crippen molar-refractivity contribution in [1.82, 2.24) is 5.32 Å². The third-order valence-corrected chi connectivity index (χ3v) is 3.71. The highest BCUT2D eigenvalue weighted by Gasteiger charge is 2.13. The minimum atomic E-state index is -0.318. The van der Waals surface area contributed by atoms with Crippen LogP contribution in [0.2, 0.25) is 0 Å². The van der Waals surface area contributed by atoms with E-state index in [1.807, 2.05) is 13.0 Å². The van der Waals surface area contributed by atoms with Crippen LogP contribution in [0.3, 0.4) is 0 Å². The first-order valence-electron chi connectivity index (χ1n) is 6.92. The zero-order valence-corrected chi connectivity index (χ0v) is 12.3. The van der Waals surface area contributed by atoms with Crippen molar-refractivity contribution in [3.05, 3.63) is 39.4 Å². The van der Waals surface area contributed by atoms with E-state index in [9.17, 15) is 10.1 Å². The summed E-state index contributed by atoms with van der Waals surface area (Å²) in [7, 11) is 0. The Balaban J connectivity index is 2.63. The second-order valence-electron chi connectivity index (χ2n) is 5.35. The van der Waals surface area contributed by atoms with Crippen LogP contribution < -0.4 is 5.32 Å². The van der Waals surface area contributed by atoms with Crippen molar-refractivity contribution < 1.29 is 4.92 Å². The fourth-order valence-corrected chi connectivity index (χ4v) is 2.20. The maximum Gasteiger partial charge on any atom is 0.272 e. The average molecular weight is 264 g/mol. The first-order chi connectivity index (χ1) is 8.95. The number of nitro benzene ring substituents is 1. The summed E-state index contributed by atoms with van der Waals surface area (Å²) in [5.41, 5.74) is 1.97. The molecule has 0 aliphatic carbocycles. The van der Waals surface area contributed by atoms with E-state index in [1.54, 1.807) is 12.1 Å². The standard InChI is InChI=1S/C15H24N2O2/c1-5-11(2)9-12(3)16-10-14-7-6-8-15(13(14)4)17(18)19/h6-8,11-12,16H,5,9-10H2,1-4H3. The summed E-state index contributed by atoms with van der Waals surface area (Å²) in [6, 6.07) is 5.68. The molecule has 0 amide bonds. The minimum absolute atomic E-state index is 0.203. The number of hydrogen-bond acceptors (Lipinski definition) is 3. The molecule has 0 saturated heterocycles. The summed E-state index contributed by atoms with van der Waals surface area (Å²) in [5, 5.41) is 14.3. The van der Waals surface area contributed by atoms with Crippen LogP contribution in [0.4, 0.5) is 5.69 Å². The van der Waals surface area contributed by atoms with Crippen LogP contribution in [-0.2, 0) is 6.54 Å². The molecule has 0 saturated carbocycles. The highest BCUT2D eigenvalue weighted by atomic mass is 16.6. The molecule has 0 aliphatic heterocycles. The molecule has 0 spiro atoms. The topological polar surface area (TPSA) is 55.2 Å². The molecule has 19 heavy (non-hydrogen) atoms. The zero-order valence-electron chi connectivity index (χ0n) is 12.3. The smallest absolute Gasteiger partial charge is 0.272 e. The van der Waals surface area contributed by atoms with Gasteiger partial charge in [-0.05, 0) is 31.7 Å². The molecular weight excluding hydrogens is 240 g/mol. The van der Waals surface area contributed by atoms with Gasteiger partial charge in [0.05, 0.1) is 4.92 Å². The quantitative estimate of drug-likeness (QED) is 0.601. The Morgan fingerprint density at radius 2 is 2.05 bits per heavy atom. The Hall–Kier alpha value is -1.42. The lowest BCUT2D eigenvalue weighted by atomic mass is 10.00.